The Morgan fingerprint density at radius 2 is 1.86 bits per heavy atom. The van der Waals surface area contributed by atoms with Crippen LogP contribution in [0.1, 0.15) is 23.3 Å². The summed E-state index contributed by atoms with van der Waals surface area (Å²) in [6.07, 6.45) is 3.12. The first-order valence-electron chi connectivity index (χ1n) is 7.69. The molecule has 1 aromatic rings. The maximum Gasteiger partial charge on any atom is 0.282 e. The second kappa shape index (κ2) is 5.31. The van der Waals surface area contributed by atoms with Gasteiger partial charge < -0.3 is 0 Å². The van der Waals surface area contributed by atoms with Gasteiger partial charge in [0.05, 0.1) is 0 Å². The maximum absolute atomic E-state index is 12.4. The van der Waals surface area contributed by atoms with Crippen molar-refractivity contribution < 1.29 is 8.42 Å². The monoisotopic (exact) mass is 327 g/mol. The first-order chi connectivity index (χ1) is 10.1. The lowest BCUT2D eigenvalue weighted by molar-refractivity contribution is 0.0738. The van der Waals surface area contributed by atoms with E-state index in [2.05, 4.69) is 16.3 Å². The standard InChI is InChI=1S/C14H21N3O2S2/c18-21(19,16-5-1-2-6-16)17-10-13(11-17)15-7-3-14-12(9-15)4-8-20-14/h4,8,13H,1-3,5-7,9-11H2. The molecule has 7 heteroatoms. The van der Waals surface area contributed by atoms with Crippen molar-refractivity contribution >= 4 is 21.5 Å². The van der Waals surface area contributed by atoms with Crippen molar-refractivity contribution in [3.63, 3.8) is 0 Å². The zero-order valence-electron chi connectivity index (χ0n) is 12.1. The smallest absolute Gasteiger partial charge is 0.282 e. The van der Waals surface area contributed by atoms with Gasteiger partial charge in [0.15, 0.2) is 0 Å². The van der Waals surface area contributed by atoms with Gasteiger partial charge in [0, 0.05) is 50.2 Å². The van der Waals surface area contributed by atoms with Crippen molar-refractivity contribution in [3.8, 4) is 0 Å². The molecule has 2 fully saturated rings. The normalized spacial score (nSPS) is 25.9. The van der Waals surface area contributed by atoms with Crippen LogP contribution in [0, 0.1) is 0 Å². The van der Waals surface area contributed by atoms with Crippen LogP contribution in [-0.4, -0.2) is 60.7 Å². The van der Waals surface area contributed by atoms with Gasteiger partial charge in [-0.25, -0.2) is 0 Å². The lowest BCUT2D eigenvalue weighted by atomic mass is 10.0. The summed E-state index contributed by atoms with van der Waals surface area (Å²) in [6, 6.07) is 2.61. The first kappa shape index (κ1) is 14.1. The fourth-order valence-electron chi connectivity index (χ4n) is 3.50. The lowest BCUT2D eigenvalue weighted by Crippen LogP contribution is -2.63. The molecule has 0 spiro atoms. The Balaban J connectivity index is 1.37. The highest BCUT2D eigenvalue weighted by Gasteiger charge is 2.42. The van der Waals surface area contributed by atoms with Crippen LogP contribution < -0.4 is 0 Å². The Morgan fingerprint density at radius 3 is 2.62 bits per heavy atom. The van der Waals surface area contributed by atoms with E-state index in [-0.39, 0.29) is 0 Å². The number of hydrogen-bond donors (Lipinski definition) is 0. The molecule has 0 N–H and O–H groups in total. The molecule has 0 saturated carbocycles. The lowest BCUT2D eigenvalue weighted by Gasteiger charge is -2.46. The molecule has 4 heterocycles. The number of hydrogen-bond acceptors (Lipinski definition) is 4. The van der Waals surface area contributed by atoms with Crippen LogP contribution >= 0.6 is 11.3 Å². The molecule has 1 aromatic heterocycles. The van der Waals surface area contributed by atoms with E-state index in [9.17, 15) is 8.42 Å². The van der Waals surface area contributed by atoms with Crippen LogP contribution in [0.3, 0.4) is 0 Å². The highest BCUT2D eigenvalue weighted by molar-refractivity contribution is 7.86. The highest BCUT2D eigenvalue weighted by Crippen LogP contribution is 2.29. The van der Waals surface area contributed by atoms with Crippen LogP contribution in [0.25, 0.3) is 0 Å². The fourth-order valence-corrected chi connectivity index (χ4v) is 6.16. The third-order valence-electron chi connectivity index (χ3n) is 4.90. The molecule has 116 valence electrons. The minimum Gasteiger partial charge on any atom is -0.293 e. The summed E-state index contributed by atoms with van der Waals surface area (Å²) >= 11 is 1.85. The van der Waals surface area contributed by atoms with Crippen LogP contribution in [0.15, 0.2) is 11.4 Å². The second-order valence-electron chi connectivity index (χ2n) is 6.17. The van der Waals surface area contributed by atoms with Gasteiger partial charge in [-0.3, -0.25) is 4.90 Å². The van der Waals surface area contributed by atoms with Gasteiger partial charge in [0.2, 0.25) is 0 Å². The van der Waals surface area contributed by atoms with Gasteiger partial charge in [0.1, 0.15) is 0 Å². The Morgan fingerprint density at radius 1 is 1.10 bits per heavy atom. The molecule has 0 bridgehead atoms. The SMILES string of the molecule is O=S(=O)(N1CCCC1)N1CC(N2CCc3sccc3C2)C1. The van der Waals surface area contributed by atoms with Gasteiger partial charge in [-0.2, -0.15) is 17.0 Å². The third-order valence-corrected chi connectivity index (χ3v) is 7.89. The second-order valence-corrected chi connectivity index (χ2v) is 9.10. The molecule has 0 amide bonds. The molecule has 4 rings (SSSR count). The molecular weight excluding hydrogens is 306 g/mol. The van der Waals surface area contributed by atoms with E-state index in [0.29, 0.717) is 32.2 Å². The largest absolute Gasteiger partial charge is 0.293 e. The Kier molecular flexibility index (Phi) is 3.58. The third kappa shape index (κ3) is 2.45. The van der Waals surface area contributed by atoms with E-state index in [0.717, 1.165) is 32.4 Å². The Labute approximate surface area is 130 Å². The summed E-state index contributed by atoms with van der Waals surface area (Å²) in [4.78, 5) is 3.96. The minimum atomic E-state index is -3.18. The molecule has 3 aliphatic rings. The van der Waals surface area contributed by atoms with Gasteiger partial charge in [0.25, 0.3) is 10.2 Å². The van der Waals surface area contributed by atoms with Crippen molar-refractivity contribution in [2.75, 3.05) is 32.7 Å². The molecule has 0 aromatic carbocycles. The average molecular weight is 327 g/mol. The Bertz CT molecular complexity index is 616. The summed E-state index contributed by atoms with van der Waals surface area (Å²) in [5.74, 6) is 0. The molecule has 5 nitrogen and oxygen atoms in total. The van der Waals surface area contributed by atoms with Crippen LogP contribution in [0.4, 0.5) is 0 Å². The Hall–Kier alpha value is -0.470. The van der Waals surface area contributed by atoms with Gasteiger partial charge in [-0.05, 0) is 36.3 Å². The number of thiophene rings is 1. The van der Waals surface area contributed by atoms with Crippen molar-refractivity contribution in [1.29, 1.82) is 0 Å². The maximum atomic E-state index is 12.4. The predicted octanol–water partition coefficient (Wildman–Crippen LogP) is 1.13. The number of fused-ring (bicyclic) bond motifs is 1. The molecule has 0 aliphatic carbocycles. The van der Waals surface area contributed by atoms with Crippen molar-refractivity contribution in [1.82, 2.24) is 13.5 Å². The van der Waals surface area contributed by atoms with Crippen molar-refractivity contribution in [3.05, 3.63) is 21.9 Å². The molecule has 0 radical (unpaired) electrons. The summed E-state index contributed by atoms with van der Waals surface area (Å²) in [5.41, 5.74) is 1.44. The summed E-state index contributed by atoms with van der Waals surface area (Å²) in [6.45, 7) is 4.78. The van der Waals surface area contributed by atoms with Gasteiger partial charge in [-0.15, -0.1) is 11.3 Å². The molecule has 21 heavy (non-hydrogen) atoms. The predicted molar refractivity (Wildman–Crippen MR) is 83.5 cm³/mol. The van der Waals surface area contributed by atoms with E-state index < -0.39 is 10.2 Å². The van der Waals surface area contributed by atoms with E-state index >= 15 is 0 Å². The molecule has 2 saturated heterocycles. The van der Waals surface area contributed by atoms with Crippen LogP contribution in [0.2, 0.25) is 0 Å². The fraction of sp³-hybridized carbons (Fsp3) is 0.714. The number of rotatable bonds is 3. The molecule has 3 aliphatic heterocycles. The van der Waals surface area contributed by atoms with Crippen LogP contribution in [0.5, 0.6) is 0 Å². The van der Waals surface area contributed by atoms with Crippen molar-refractivity contribution in [2.24, 2.45) is 0 Å². The minimum absolute atomic E-state index is 0.399. The highest BCUT2D eigenvalue weighted by atomic mass is 32.2. The first-order valence-corrected chi connectivity index (χ1v) is 9.97. The average Bonchev–Trinajstić information content (AvgIpc) is 3.08. The topological polar surface area (TPSA) is 43.9 Å². The van der Waals surface area contributed by atoms with Crippen LogP contribution in [-0.2, 0) is 23.2 Å². The van der Waals surface area contributed by atoms with Gasteiger partial charge in [-0.1, -0.05) is 0 Å². The zero-order valence-corrected chi connectivity index (χ0v) is 13.7. The summed E-state index contributed by atoms with van der Waals surface area (Å²) in [5, 5.41) is 2.17. The quantitative estimate of drug-likeness (QED) is 0.836. The van der Waals surface area contributed by atoms with E-state index in [1.807, 2.05) is 11.3 Å². The number of nitrogens with zero attached hydrogens (tertiary/aromatic N) is 3. The molecule has 0 atom stereocenters. The van der Waals surface area contributed by atoms with E-state index in [1.165, 1.54) is 10.4 Å². The summed E-state index contributed by atoms with van der Waals surface area (Å²) < 4.78 is 28.2. The molecule has 0 unspecified atom stereocenters. The van der Waals surface area contributed by atoms with E-state index in [4.69, 9.17) is 0 Å². The molecular formula is C14H21N3O2S2. The summed E-state index contributed by atoms with van der Waals surface area (Å²) in [7, 11) is -3.18. The van der Waals surface area contributed by atoms with Crippen molar-refractivity contribution in [2.45, 2.75) is 31.8 Å². The van der Waals surface area contributed by atoms with E-state index in [1.54, 1.807) is 8.61 Å². The zero-order chi connectivity index (χ0) is 14.4. The van der Waals surface area contributed by atoms with Gasteiger partial charge >= 0.3 is 0 Å².